The number of anilines is 3. The molecule has 2 amide bonds. The summed E-state index contributed by atoms with van der Waals surface area (Å²) in [6, 6.07) is 12.1. The maximum atomic E-state index is 11.8. The van der Waals surface area contributed by atoms with Crippen LogP contribution in [0.15, 0.2) is 42.5 Å². The Kier molecular flexibility index (Phi) is 3.92. The Morgan fingerprint density at radius 2 is 1.95 bits per heavy atom. The molecule has 0 radical (unpaired) electrons. The largest absolute Gasteiger partial charge is 0.397 e. The number of hydrogen-bond acceptors (Lipinski definition) is 2. The van der Waals surface area contributed by atoms with Gasteiger partial charge in [-0.3, -0.25) is 0 Å². The predicted octanol–water partition coefficient (Wildman–Crippen LogP) is 3.87. The molecule has 19 heavy (non-hydrogen) atoms. The van der Waals surface area contributed by atoms with Crippen molar-refractivity contribution in [3.05, 3.63) is 53.1 Å². The van der Waals surface area contributed by atoms with Crippen molar-refractivity contribution in [2.45, 2.75) is 6.92 Å². The molecule has 0 aliphatic heterocycles. The van der Waals surface area contributed by atoms with Gasteiger partial charge in [-0.25, -0.2) is 4.79 Å². The number of carbonyl (C=O) groups is 1. The first kappa shape index (κ1) is 13.2. The number of carbonyl (C=O) groups excluding carboxylic acids is 1. The minimum Gasteiger partial charge on any atom is -0.397 e. The Balaban J connectivity index is 2.07. The monoisotopic (exact) mass is 275 g/mol. The molecular weight excluding hydrogens is 262 g/mol. The highest BCUT2D eigenvalue weighted by molar-refractivity contribution is 6.31. The zero-order valence-corrected chi connectivity index (χ0v) is 11.2. The smallest absolute Gasteiger partial charge is 0.323 e. The van der Waals surface area contributed by atoms with Gasteiger partial charge in [0.1, 0.15) is 0 Å². The molecule has 0 unspecified atom stereocenters. The van der Waals surface area contributed by atoms with E-state index in [0.717, 1.165) is 11.3 Å². The van der Waals surface area contributed by atoms with Crippen LogP contribution < -0.4 is 16.4 Å². The van der Waals surface area contributed by atoms with E-state index >= 15 is 0 Å². The van der Waals surface area contributed by atoms with Gasteiger partial charge in [0.2, 0.25) is 0 Å². The van der Waals surface area contributed by atoms with Crippen molar-refractivity contribution in [2.24, 2.45) is 0 Å². The van der Waals surface area contributed by atoms with Gasteiger partial charge in [0.25, 0.3) is 0 Å². The second kappa shape index (κ2) is 5.63. The van der Waals surface area contributed by atoms with Gasteiger partial charge in [0.05, 0.1) is 11.4 Å². The van der Waals surface area contributed by atoms with Crippen molar-refractivity contribution < 1.29 is 4.79 Å². The maximum Gasteiger partial charge on any atom is 0.323 e. The van der Waals surface area contributed by atoms with Crippen LogP contribution in [0.25, 0.3) is 0 Å². The third-order valence-electron chi connectivity index (χ3n) is 2.54. The molecule has 4 N–H and O–H groups in total. The Morgan fingerprint density at radius 3 is 2.68 bits per heavy atom. The van der Waals surface area contributed by atoms with Crippen LogP contribution in [0.3, 0.4) is 0 Å². The molecule has 0 aromatic heterocycles. The van der Waals surface area contributed by atoms with E-state index in [0.29, 0.717) is 16.4 Å². The summed E-state index contributed by atoms with van der Waals surface area (Å²) in [7, 11) is 0. The molecule has 0 spiro atoms. The summed E-state index contributed by atoms with van der Waals surface area (Å²) in [5.41, 5.74) is 8.49. The fourth-order valence-corrected chi connectivity index (χ4v) is 1.82. The summed E-state index contributed by atoms with van der Waals surface area (Å²) in [4.78, 5) is 11.8. The van der Waals surface area contributed by atoms with Crippen LogP contribution in [-0.2, 0) is 0 Å². The summed E-state index contributed by atoms with van der Waals surface area (Å²) in [5.74, 6) is 0. The van der Waals surface area contributed by atoms with Gasteiger partial charge in [-0.05, 0) is 42.8 Å². The minimum atomic E-state index is -0.362. The molecule has 0 atom stereocenters. The Labute approximate surface area is 116 Å². The number of rotatable bonds is 2. The highest BCUT2D eigenvalue weighted by Crippen LogP contribution is 2.23. The fraction of sp³-hybridized carbons (Fsp3) is 0.0714. The predicted molar refractivity (Wildman–Crippen MR) is 79.7 cm³/mol. The summed E-state index contributed by atoms with van der Waals surface area (Å²) in [6.45, 7) is 1.96. The quantitative estimate of drug-likeness (QED) is 0.728. The zero-order chi connectivity index (χ0) is 13.8. The molecule has 0 bridgehead atoms. The lowest BCUT2D eigenvalue weighted by atomic mass is 10.2. The second-order valence-electron chi connectivity index (χ2n) is 4.18. The van der Waals surface area contributed by atoms with Crippen LogP contribution in [0.1, 0.15) is 5.56 Å². The van der Waals surface area contributed by atoms with Crippen LogP contribution in [-0.4, -0.2) is 6.03 Å². The second-order valence-corrected chi connectivity index (χ2v) is 4.62. The molecular formula is C14H14ClN3O. The molecule has 5 heteroatoms. The highest BCUT2D eigenvalue weighted by Gasteiger charge is 2.06. The maximum absolute atomic E-state index is 11.8. The van der Waals surface area contributed by atoms with E-state index in [2.05, 4.69) is 10.6 Å². The Morgan fingerprint density at radius 1 is 1.16 bits per heavy atom. The summed E-state index contributed by atoms with van der Waals surface area (Å²) >= 11 is 5.85. The van der Waals surface area contributed by atoms with E-state index < -0.39 is 0 Å². The Hall–Kier alpha value is -2.20. The van der Waals surface area contributed by atoms with Gasteiger partial charge < -0.3 is 16.4 Å². The molecule has 0 fully saturated rings. The molecule has 0 saturated carbocycles. The molecule has 0 aliphatic rings. The van der Waals surface area contributed by atoms with Gasteiger partial charge in [-0.15, -0.1) is 0 Å². The lowest BCUT2D eigenvalue weighted by Crippen LogP contribution is -2.20. The standard InChI is InChI=1S/C14H14ClN3O/c1-9-3-2-4-11(7-9)17-14(19)18-13-8-10(15)5-6-12(13)16/h2-8H,16H2,1H3,(H2,17,18,19). The average Bonchev–Trinajstić information content (AvgIpc) is 2.34. The van der Waals surface area contributed by atoms with Crippen molar-refractivity contribution in [3.8, 4) is 0 Å². The molecule has 2 rings (SSSR count). The van der Waals surface area contributed by atoms with Gasteiger partial charge in [-0.1, -0.05) is 23.7 Å². The first-order valence-corrected chi connectivity index (χ1v) is 6.12. The number of aryl methyl sites for hydroxylation is 1. The average molecular weight is 276 g/mol. The number of nitrogens with two attached hydrogens (primary N) is 1. The number of amides is 2. The van der Waals surface area contributed by atoms with Crippen molar-refractivity contribution in [1.82, 2.24) is 0 Å². The minimum absolute atomic E-state index is 0.362. The van der Waals surface area contributed by atoms with Gasteiger partial charge in [0, 0.05) is 10.7 Å². The van der Waals surface area contributed by atoms with Crippen LogP contribution in [0.2, 0.25) is 5.02 Å². The molecule has 0 heterocycles. The summed E-state index contributed by atoms with van der Waals surface area (Å²) < 4.78 is 0. The van der Waals surface area contributed by atoms with Crippen LogP contribution >= 0.6 is 11.6 Å². The summed E-state index contributed by atoms with van der Waals surface area (Å²) in [5, 5.41) is 5.90. The molecule has 2 aromatic rings. The van der Waals surface area contributed by atoms with Gasteiger partial charge in [0.15, 0.2) is 0 Å². The van der Waals surface area contributed by atoms with Crippen LogP contribution in [0.4, 0.5) is 21.9 Å². The van der Waals surface area contributed by atoms with E-state index in [1.54, 1.807) is 18.2 Å². The third kappa shape index (κ3) is 3.63. The normalized spacial score (nSPS) is 10.0. The van der Waals surface area contributed by atoms with E-state index in [4.69, 9.17) is 17.3 Å². The Bertz CT molecular complexity index is 613. The van der Waals surface area contributed by atoms with Crippen LogP contribution in [0.5, 0.6) is 0 Å². The van der Waals surface area contributed by atoms with E-state index in [9.17, 15) is 4.79 Å². The zero-order valence-electron chi connectivity index (χ0n) is 10.4. The number of halogens is 1. The first-order chi connectivity index (χ1) is 9.04. The number of nitrogen functional groups attached to an aromatic ring is 1. The number of benzene rings is 2. The van der Waals surface area contributed by atoms with E-state index in [-0.39, 0.29) is 6.03 Å². The number of nitrogens with one attached hydrogen (secondary N) is 2. The van der Waals surface area contributed by atoms with Gasteiger partial charge >= 0.3 is 6.03 Å². The topological polar surface area (TPSA) is 67.2 Å². The lowest BCUT2D eigenvalue weighted by Gasteiger charge is -2.10. The lowest BCUT2D eigenvalue weighted by molar-refractivity contribution is 0.262. The molecule has 4 nitrogen and oxygen atoms in total. The third-order valence-corrected chi connectivity index (χ3v) is 2.77. The van der Waals surface area contributed by atoms with Gasteiger partial charge in [-0.2, -0.15) is 0 Å². The van der Waals surface area contributed by atoms with Crippen molar-refractivity contribution in [1.29, 1.82) is 0 Å². The van der Waals surface area contributed by atoms with E-state index in [1.165, 1.54) is 0 Å². The SMILES string of the molecule is Cc1cccc(NC(=O)Nc2cc(Cl)ccc2N)c1. The molecule has 2 aromatic carbocycles. The van der Waals surface area contributed by atoms with Crippen molar-refractivity contribution in [3.63, 3.8) is 0 Å². The number of hydrogen-bond donors (Lipinski definition) is 3. The van der Waals surface area contributed by atoms with E-state index in [1.807, 2.05) is 31.2 Å². The number of urea groups is 1. The fourth-order valence-electron chi connectivity index (χ4n) is 1.64. The van der Waals surface area contributed by atoms with Crippen molar-refractivity contribution >= 4 is 34.7 Å². The van der Waals surface area contributed by atoms with Crippen molar-refractivity contribution in [2.75, 3.05) is 16.4 Å². The summed E-state index contributed by atoms with van der Waals surface area (Å²) in [6.07, 6.45) is 0. The highest BCUT2D eigenvalue weighted by atomic mass is 35.5. The molecule has 98 valence electrons. The molecule has 0 aliphatic carbocycles. The van der Waals surface area contributed by atoms with Crippen LogP contribution in [0, 0.1) is 6.92 Å². The first-order valence-electron chi connectivity index (χ1n) is 5.74. The molecule has 0 saturated heterocycles.